The van der Waals surface area contributed by atoms with Gasteiger partial charge in [-0.25, -0.2) is 9.18 Å². The van der Waals surface area contributed by atoms with E-state index >= 15 is 0 Å². The number of unbranched alkanes of at least 4 members (excludes halogenated alkanes) is 1. The van der Waals surface area contributed by atoms with E-state index in [2.05, 4.69) is 20.9 Å². The van der Waals surface area contributed by atoms with Crippen LogP contribution in [0, 0.1) is 5.82 Å². The molecule has 30 heavy (non-hydrogen) atoms. The standard InChI is InChI=1S/C20H27BrFN5O3/c1-4-6-9-27-18(23)17(19(29)24-20(27)30)26(5-2)16(28)12-25(3)11-13-10-14(21)7-8-15(13)22/h7-8,10H,4-6,9,11-12,23H2,1-3H3,(H,24,29,30). The maximum Gasteiger partial charge on any atom is 0.330 e. The molecule has 0 aliphatic rings. The molecule has 0 bridgehead atoms. The minimum absolute atomic E-state index is 0.0342. The molecule has 3 N–H and O–H groups in total. The van der Waals surface area contributed by atoms with Crippen molar-refractivity contribution in [3.8, 4) is 0 Å². The molecule has 0 spiro atoms. The molecule has 164 valence electrons. The largest absolute Gasteiger partial charge is 0.383 e. The molecule has 0 aliphatic heterocycles. The van der Waals surface area contributed by atoms with Crippen molar-refractivity contribution in [3.05, 3.63) is 54.9 Å². The number of amides is 1. The highest BCUT2D eigenvalue weighted by Crippen LogP contribution is 2.19. The summed E-state index contributed by atoms with van der Waals surface area (Å²) in [6.45, 7) is 4.37. The second-order valence-electron chi connectivity index (χ2n) is 7.04. The molecule has 2 rings (SSSR count). The summed E-state index contributed by atoms with van der Waals surface area (Å²) in [5.41, 5.74) is 5.20. The third kappa shape index (κ3) is 5.57. The van der Waals surface area contributed by atoms with Crippen molar-refractivity contribution in [2.24, 2.45) is 0 Å². The number of benzene rings is 1. The Morgan fingerprint density at radius 3 is 2.63 bits per heavy atom. The lowest BCUT2D eigenvalue weighted by atomic mass is 10.2. The lowest BCUT2D eigenvalue weighted by Gasteiger charge is -2.25. The summed E-state index contributed by atoms with van der Waals surface area (Å²) in [4.78, 5) is 42.6. The van der Waals surface area contributed by atoms with E-state index in [9.17, 15) is 18.8 Å². The van der Waals surface area contributed by atoms with Gasteiger partial charge in [-0.3, -0.25) is 24.0 Å². The number of rotatable bonds is 9. The second kappa shape index (κ2) is 10.5. The first-order chi connectivity index (χ1) is 14.2. The summed E-state index contributed by atoms with van der Waals surface area (Å²) in [6, 6.07) is 4.61. The van der Waals surface area contributed by atoms with Crippen molar-refractivity contribution >= 4 is 33.3 Å². The van der Waals surface area contributed by atoms with Crippen LogP contribution < -0.4 is 21.9 Å². The summed E-state index contributed by atoms with van der Waals surface area (Å²) < 4.78 is 16.0. The second-order valence-corrected chi connectivity index (χ2v) is 7.96. The minimum atomic E-state index is -0.707. The Morgan fingerprint density at radius 1 is 1.30 bits per heavy atom. The van der Waals surface area contributed by atoms with Gasteiger partial charge in [-0.05, 0) is 38.6 Å². The quantitative estimate of drug-likeness (QED) is 0.569. The summed E-state index contributed by atoms with van der Waals surface area (Å²) in [5.74, 6) is -0.782. The molecule has 1 aromatic carbocycles. The SMILES string of the molecule is CCCCn1c(N)c(N(CC)C(=O)CN(C)Cc2cc(Br)ccc2F)c(=O)[nH]c1=O. The van der Waals surface area contributed by atoms with Gasteiger partial charge in [0.15, 0.2) is 5.69 Å². The number of nitrogen functional groups attached to an aromatic ring is 1. The highest BCUT2D eigenvalue weighted by Gasteiger charge is 2.24. The van der Waals surface area contributed by atoms with Crippen molar-refractivity contribution in [1.29, 1.82) is 0 Å². The molecule has 10 heteroatoms. The average molecular weight is 484 g/mol. The Morgan fingerprint density at radius 2 is 2.00 bits per heavy atom. The van der Waals surface area contributed by atoms with Gasteiger partial charge in [0, 0.05) is 29.7 Å². The molecule has 0 unspecified atom stereocenters. The van der Waals surface area contributed by atoms with Crippen LogP contribution in [0.15, 0.2) is 32.3 Å². The Bertz CT molecular complexity index is 1020. The first-order valence-corrected chi connectivity index (χ1v) is 10.5. The predicted octanol–water partition coefficient (Wildman–Crippen LogP) is 2.31. The van der Waals surface area contributed by atoms with Gasteiger partial charge < -0.3 is 10.6 Å². The number of halogens is 2. The van der Waals surface area contributed by atoms with Crippen LogP contribution in [0.25, 0.3) is 0 Å². The van der Waals surface area contributed by atoms with Crippen molar-refractivity contribution in [2.45, 2.75) is 39.8 Å². The topological polar surface area (TPSA) is 104 Å². The van der Waals surface area contributed by atoms with Gasteiger partial charge >= 0.3 is 5.69 Å². The average Bonchev–Trinajstić information content (AvgIpc) is 2.67. The predicted molar refractivity (Wildman–Crippen MR) is 119 cm³/mol. The maximum atomic E-state index is 14.0. The van der Waals surface area contributed by atoms with Gasteiger partial charge in [-0.1, -0.05) is 29.3 Å². The molecule has 0 saturated carbocycles. The summed E-state index contributed by atoms with van der Waals surface area (Å²) in [6.07, 6.45) is 1.55. The third-order valence-electron chi connectivity index (χ3n) is 4.69. The fourth-order valence-electron chi connectivity index (χ4n) is 3.16. The molecule has 8 nitrogen and oxygen atoms in total. The van der Waals surface area contributed by atoms with Crippen LogP contribution in [0.5, 0.6) is 0 Å². The van der Waals surface area contributed by atoms with E-state index < -0.39 is 11.2 Å². The minimum Gasteiger partial charge on any atom is -0.383 e. The number of carbonyl (C=O) groups is 1. The van der Waals surface area contributed by atoms with Crippen LogP contribution in [0.1, 0.15) is 32.3 Å². The van der Waals surface area contributed by atoms with Gasteiger partial charge in [0.1, 0.15) is 11.6 Å². The van der Waals surface area contributed by atoms with E-state index in [-0.39, 0.29) is 42.9 Å². The Labute approximate surface area is 182 Å². The molecule has 1 heterocycles. The molecule has 0 atom stereocenters. The molecule has 0 fully saturated rings. The number of hydrogen-bond acceptors (Lipinski definition) is 5. The Kier molecular flexibility index (Phi) is 8.36. The fraction of sp³-hybridized carbons (Fsp3) is 0.450. The zero-order valence-electron chi connectivity index (χ0n) is 17.4. The number of nitrogens with one attached hydrogen (secondary N) is 1. The molecule has 1 amide bonds. The van der Waals surface area contributed by atoms with E-state index in [0.29, 0.717) is 18.5 Å². The van der Waals surface area contributed by atoms with Crippen LogP contribution in [0.2, 0.25) is 0 Å². The van der Waals surface area contributed by atoms with Crippen molar-refractivity contribution in [2.75, 3.05) is 30.8 Å². The molecule has 0 aliphatic carbocycles. The highest BCUT2D eigenvalue weighted by molar-refractivity contribution is 9.10. The van der Waals surface area contributed by atoms with Crippen molar-refractivity contribution in [3.63, 3.8) is 0 Å². The van der Waals surface area contributed by atoms with Crippen molar-refractivity contribution < 1.29 is 9.18 Å². The zero-order valence-corrected chi connectivity index (χ0v) is 19.0. The summed E-state index contributed by atoms with van der Waals surface area (Å²) in [5, 5.41) is 0. The van der Waals surface area contributed by atoms with Crippen LogP contribution >= 0.6 is 15.9 Å². The van der Waals surface area contributed by atoms with Crippen molar-refractivity contribution in [1.82, 2.24) is 14.5 Å². The van der Waals surface area contributed by atoms with E-state index in [1.165, 1.54) is 15.5 Å². The van der Waals surface area contributed by atoms with Gasteiger partial charge in [0.2, 0.25) is 5.91 Å². The molecular formula is C20H27BrFN5O3. The van der Waals surface area contributed by atoms with Crippen LogP contribution in [0.3, 0.4) is 0 Å². The summed E-state index contributed by atoms with van der Waals surface area (Å²) in [7, 11) is 1.68. The smallest absolute Gasteiger partial charge is 0.330 e. The zero-order chi connectivity index (χ0) is 22.4. The summed E-state index contributed by atoms with van der Waals surface area (Å²) >= 11 is 3.31. The van der Waals surface area contributed by atoms with Gasteiger partial charge in [-0.15, -0.1) is 0 Å². The van der Waals surface area contributed by atoms with E-state index in [1.54, 1.807) is 31.0 Å². The number of anilines is 2. The Balaban J connectivity index is 2.26. The highest BCUT2D eigenvalue weighted by atomic mass is 79.9. The molecule has 2 aromatic rings. The third-order valence-corrected chi connectivity index (χ3v) is 5.18. The van der Waals surface area contributed by atoms with Crippen LogP contribution in [-0.4, -0.2) is 40.5 Å². The van der Waals surface area contributed by atoms with E-state index in [4.69, 9.17) is 5.73 Å². The number of nitrogens with two attached hydrogens (primary N) is 1. The first-order valence-electron chi connectivity index (χ1n) is 9.74. The van der Waals surface area contributed by atoms with Gasteiger partial charge in [0.25, 0.3) is 5.56 Å². The first kappa shape index (κ1) is 23.8. The lowest BCUT2D eigenvalue weighted by Crippen LogP contribution is -2.44. The number of likely N-dealkylation sites (N-methyl/N-ethyl adjacent to an activating group) is 2. The molecule has 1 aromatic heterocycles. The normalized spacial score (nSPS) is 11.1. The molecule has 0 radical (unpaired) electrons. The Hall–Kier alpha value is -2.46. The number of H-pyrrole nitrogens is 1. The number of carbonyl (C=O) groups excluding carboxylic acids is 1. The fourth-order valence-corrected chi connectivity index (χ4v) is 3.57. The molecule has 0 saturated heterocycles. The molecular weight excluding hydrogens is 457 g/mol. The number of nitrogens with zero attached hydrogens (tertiary/aromatic N) is 3. The monoisotopic (exact) mass is 483 g/mol. The van der Waals surface area contributed by atoms with Crippen LogP contribution in [-0.2, 0) is 17.9 Å². The van der Waals surface area contributed by atoms with Gasteiger partial charge in [0.05, 0.1) is 6.54 Å². The van der Waals surface area contributed by atoms with Gasteiger partial charge in [-0.2, -0.15) is 0 Å². The van der Waals surface area contributed by atoms with E-state index in [0.717, 1.165) is 10.9 Å². The number of hydrogen-bond donors (Lipinski definition) is 2. The lowest BCUT2D eigenvalue weighted by molar-refractivity contribution is -0.119. The number of aromatic nitrogens is 2. The number of aromatic amines is 1. The maximum absolute atomic E-state index is 14.0. The van der Waals surface area contributed by atoms with Crippen LogP contribution in [0.4, 0.5) is 15.9 Å². The van der Waals surface area contributed by atoms with E-state index in [1.807, 2.05) is 6.92 Å².